The lowest BCUT2D eigenvalue weighted by atomic mass is 9.95. The Morgan fingerprint density at radius 1 is 1.41 bits per heavy atom. The van der Waals surface area contributed by atoms with Crippen LogP contribution in [0.3, 0.4) is 0 Å². The zero-order chi connectivity index (χ0) is 19.8. The van der Waals surface area contributed by atoms with Crippen LogP contribution in [0.15, 0.2) is 22.5 Å². The van der Waals surface area contributed by atoms with E-state index in [1.54, 1.807) is 4.90 Å². The van der Waals surface area contributed by atoms with Crippen LogP contribution in [0.4, 0.5) is 19.6 Å². The molecule has 148 valence electrons. The number of hydrogen-bond acceptors (Lipinski definition) is 6. The lowest BCUT2D eigenvalue weighted by Crippen LogP contribution is -2.48. The fraction of sp³-hybridized carbons (Fsp3) is 0.438. The van der Waals surface area contributed by atoms with E-state index in [-0.39, 0.29) is 10.8 Å². The van der Waals surface area contributed by atoms with Crippen molar-refractivity contribution in [3.05, 3.63) is 34.3 Å². The van der Waals surface area contributed by atoms with Gasteiger partial charge in [0.15, 0.2) is 15.8 Å². The Labute approximate surface area is 165 Å². The summed E-state index contributed by atoms with van der Waals surface area (Å²) in [4.78, 5) is 6.48. The molecular weight excluding hydrogens is 418 g/mol. The minimum Gasteiger partial charge on any atom is -0.369 e. The van der Waals surface area contributed by atoms with Gasteiger partial charge < -0.3 is 9.80 Å². The number of nitrogens with one attached hydrogen (secondary N) is 1. The molecule has 0 spiro atoms. The number of thiazole rings is 1. The number of halogens is 3. The molecule has 0 aliphatic carbocycles. The van der Waals surface area contributed by atoms with E-state index in [9.17, 15) is 17.2 Å². The van der Waals surface area contributed by atoms with Crippen molar-refractivity contribution in [2.45, 2.75) is 11.3 Å². The van der Waals surface area contributed by atoms with Gasteiger partial charge in [-0.3, -0.25) is 4.72 Å². The van der Waals surface area contributed by atoms with Crippen molar-refractivity contribution < 1.29 is 17.2 Å². The SMILES string of the molecule is CN(C)CCC1CN(c2cc(F)c(S(=O)(=O)Nc3nccs3)c(F)c2Cl)C1. The van der Waals surface area contributed by atoms with Crippen LogP contribution in [0, 0.1) is 17.6 Å². The number of aromatic nitrogens is 1. The van der Waals surface area contributed by atoms with Gasteiger partial charge in [0, 0.05) is 30.7 Å². The van der Waals surface area contributed by atoms with Gasteiger partial charge in [0.2, 0.25) is 0 Å². The molecule has 1 fully saturated rings. The summed E-state index contributed by atoms with van der Waals surface area (Å²) in [6, 6.07) is 0.976. The first-order valence-electron chi connectivity index (χ1n) is 8.18. The fourth-order valence-corrected chi connectivity index (χ4v) is 5.13. The molecule has 0 atom stereocenters. The van der Waals surface area contributed by atoms with Crippen LogP contribution in [0.2, 0.25) is 5.02 Å². The van der Waals surface area contributed by atoms with Gasteiger partial charge in [-0.25, -0.2) is 22.2 Å². The van der Waals surface area contributed by atoms with E-state index in [0.717, 1.165) is 30.4 Å². The van der Waals surface area contributed by atoms with E-state index in [1.807, 2.05) is 14.1 Å². The molecule has 1 aliphatic rings. The lowest BCUT2D eigenvalue weighted by Gasteiger charge is -2.42. The van der Waals surface area contributed by atoms with Crippen molar-refractivity contribution in [3.63, 3.8) is 0 Å². The minimum atomic E-state index is -4.49. The van der Waals surface area contributed by atoms with Crippen LogP contribution in [0.5, 0.6) is 0 Å². The summed E-state index contributed by atoms with van der Waals surface area (Å²) >= 11 is 7.04. The summed E-state index contributed by atoms with van der Waals surface area (Å²) in [5.74, 6) is -2.08. The average Bonchev–Trinajstić information content (AvgIpc) is 3.01. The first-order chi connectivity index (χ1) is 12.7. The Hall–Kier alpha value is -1.49. The van der Waals surface area contributed by atoms with Crippen molar-refractivity contribution in [1.29, 1.82) is 0 Å². The van der Waals surface area contributed by atoms with E-state index in [4.69, 9.17) is 11.6 Å². The van der Waals surface area contributed by atoms with Crippen molar-refractivity contribution in [2.24, 2.45) is 5.92 Å². The molecule has 11 heteroatoms. The molecule has 2 aromatic rings. The lowest BCUT2D eigenvalue weighted by molar-refractivity contribution is 0.312. The highest BCUT2D eigenvalue weighted by Gasteiger charge is 2.33. The molecule has 1 aromatic heterocycles. The van der Waals surface area contributed by atoms with Crippen LogP contribution in [0.1, 0.15) is 6.42 Å². The van der Waals surface area contributed by atoms with Crippen LogP contribution in [-0.4, -0.2) is 52.0 Å². The Morgan fingerprint density at radius 2 is 2.11 bits per heavy atom. The summed E-state index contributed by atoms with van der Waals surface area (Å²) < 4.78 is 56.0. The molecule has 0 unspecified atom stereocenters. The third-order valence-electron chi connectivity index (χ3n) is 4.30. The second-order valence-electron chi connectivity index (χ2n) is 6.64. The Balaban J connectivity index is 1.81. The Kier molecular flexibility index (Phi) is 5.90. The molecule has 27 heavy (non-hydrogen) atoms. The Bertz CT molecular complexity index is 917. The predicted molar refractivity (Wildman–Crippen MR) is 103 cm³/mol. The number of anilines is 2. The molecule has 1 aromatic carbocycles. The van der Waals surface area contributed by atoms with Gasteiger partial charge in [0.1, 0.15) is 10.8 Å². The molecule has 2 heterocycles. The largest absolute Gasteiger partial charge is 0.369 e. The molecular formula is C16H19ClF2N4O2S2. The van der Waals surface area contributed by atoms with Gasteiger partial charge in [0.05, 0.1) is 5.69 Å². The van der Waals surface area contributed by atoms with Gasteiger partial charge in [-0.15, -0.1) is 11.3 Å². The molecule has 1 aliphatic heterocycles. The van der Waals surface area contributed by atoms with E-state index in [1.165, 1.54) is 11.6 Å². The van der Waals surface area contributed by atoms with E-state index in [2.05, 4.69) is 14.6 Å². The van der Waals surface area contributed by atoms with E-state index in [0.29, 0.717) is 19.0 Å². The zero-order valence-electron chi connectivity index (χ0n) is 14.7. The van der Waals surface area contributed by atoms with E-state index >= 15 is 0 Å². The van der Waals surface area contributed by atoms with Crippen molar-refractivity contribution in [2.75, 3.05) is 43.4 Å². The number of hydrogen-bond donors (Lipinski definition) is 1. The first-order valence-corrected chi connectivity index (χ1v) is 10.9. The average molecular weight is 437 g/mol. The molecule has 1 N–H and O–H groups in total. The molecule has 3 rings (SSSR count). The fourth-order valence-electron chi connectivity index (χ4n) is 2.87. The summed E-state index contributed by atoms with van der Waals surface area (Å²) in [7, 11) is -0.522. The molecule has 6 nitrogen and oxygen atoms in total. The smallest absolute Gasteiger partial charge is 0.269 e. The topological polar surface area (TPSA) is 65.5 Å². The standard InChI is InChI=1S/C16H19ClF2N4O2S2/c1-22(2)5-3-10-8-23(9-10)12-7-11(18)15(14(19)13(12)17)27(24,25)21-16-20-4-6-26-16/h4,6-7,10H,3,5,8-9H2,1-2H3,(H,20,21). The molecule has 0 radical (unpaired) electrons. The minimum absolute atomic E-state index is 0.0143. The van der Waals surface area contributed by atoms with Gasteiger partial charge in [-0.1, -0.05) is 11.6 Å². The second-order valence-corrected chi connectivity index (χ2v) is 9.53. The van der Waals surface area contributed by atoms with Crippen molar-refractivity contribution in [1.82, 2.24) is 9.88 Å². The molecule has 0 saturated carbocycles. The highest BCUT2D eigenvalue weighted by Crippen LogP contribution is 2.38. The van der Waals surface area contributed by atoms with E-state index < -0.39 is 31.6 Å². The van der Waals surface area contributed by atoms with Gasteiger partial charge in [-0.2, -0.15) is 0 Å². The first kappa shape index (κ1) is 20.2. The maximum Gasteiger partial charge on any atom is 0.269 e. The maximum atomic E-state index is 14.7. The molecule has 0 bridgehead atoms. The number of sulfonamides is 1. The number of rotatable bonds is 7. The quantitative estimate of drug-likeness (QED) is 0.675. The monoisotopic (exact) mass is 436 g/mol. The summed E-state index contributed by atoms with van der Waals surface area (Å²) in [5.41, 5.74) is 0.168. The van der Waals surface area contributed by atoms with Crippen LogP contribution in [0.25, 0.3) is 0 Å². The van der Waals surface area contributed by atoms with Crippen LogP contribution in [-0.2, 0) is 10.0 Å². The van der Waals surface area contributed by atoms with Crippen molar-refractivity contribution >= 4 is 43.8 Å². The highest BCUT2D eigenvalue weighted by atomic mass is 35.5. The number of nitrogens with zero attached hydrogens (tertiary/aromatic N) is 3. The van der Waals surface area contributed by atoms with Gasteiger partial charge >= 0.3 is 0 Å². The van der Waals surface area contributed by atoms with Crippen LogP contribution < -0.4 is 9.62 Å². The summed E-state index contributed by atoms with van der Waals surface area (Å²) in [6.45, 7) is 2.17. The summed E-state index contributed by atoms with van der Waals surface area (Å²) in [5, 5.41) is 1.15. The normalized spacial score (nSPS) is 15.3. The molecule has 0 amide bonds. The second kappa shape index (κ2) is 7.86. The van der Waals surface area contributed by atoms with Gasteiger partial charge in [-0.05, 0) is 33.0 Å². The third kappa shape index (κ3) is 4.34. The highest BCUT2D eigenvalue weighted by molar-refractivity contribution is 7.93. The van der Waals surface area contributed by atoms with Crippen molar-refractivity contribution in [3.8, 4) is 0 Å². The summed E-state index contributed by atoms with van der Waals surface area (Å²) in [6.07, 6.45) is 2.35. The third-order valence-corrected chi connectivity index (χ3v) is 6.85. The number of benzene rings is 1. The van der Waals surface area contributed by atoms with Crippen LogP contribution >= 0.6 is 22.9 Å². The maximum absolute atomic E-state index is 14.7. The zero-order valence-corrected chi connectivity index (χ0v) is 17.1. The molecule has 1 saturated heterocycles. The Morgan fingerprint density at radius 3 is 2.70 bits per heavy atom. The van der Waals surface area contributed by atoms with Gasteiger partial charge in [0.25, 0.3) is 10.0 Å². The predicted octanol–water partition coefficient (Wildman–Crippen LogP) is 3.26.